The summed E-state index contributed by atoms with van der Waals surface area (Å²) in [5.74, 6) is 0. The summed E-state index contributed by atoms with van der Waals surface area (Å²) in [6, 6.07) is -0.838. The quantitative estimate of drug-likeness (QED) is 0.0973. The Kier molecular flexibility index (Phi) is 13.5. The minimum absolute atomic E-state index is 0.0685. The summed E-state index contributed by atoms with van der Waals surface area (Å²) in [6.45, 7) is 3.40. The van der Waals surface area contributed by atoms with E-state index in [0.717, 1.165) is 0 Å². The molecule has 0 aromatic heterocycles. The third-order valence-electron chi connectivity index (χ3n) is 9.31. The fourth-order valence-corrected chi connectivity index (χ4v) is 6.36. The minimum atomic E-state index is -1.78. The van der Waals surface area contributed by atoms with Gasteiger partial charge in [-0.15, -0.1) is 0 Å². The molecule has 0 bridgehead atoms. The largest absolute Gasteiger partial charge is 0.394 e. The highest BCUT2D eigenvalue weighted by molar-refractivity contribution is 4.99. The van der Waals surface area contributed by atoms with E-state index in [9.17, 15) is 51.1 Å². The average molecular weight is 674 g/mol. The minimum Gasteiger partial charge on any atom is -0.394 e. The maximum atomic E-state index is 11.0. The molecule has 4 saturated heterocycles. The second-order valence-electron chi connectivity index (χ2n) is 12.4. The van der Waals surface area contributed by atoms with Gasteiger partial charge in [0.25, 0.3) is 0 Å². The number of ether oxygens (including phenoxy) is 7. The molecule has 18 heteroatoms. The summed E-state index contributed by atoms with van der Waals surface area (Å²) in [5, 5.41) is 103. The predicted octanol–water partition coefficient (Wildman–Crippen LogP) is -5.83. The van der Waals surface area contributed by atoms with Gasteiger partial charge in [-0.2, -0.15) is 0 Å². The maximum Gasteiger partial charge on any atom is 0.187 e. The summed E-state index contributed by atoms with van der Waals surface area (Å²) in [4.78, 5) is 0. The molecule has 20 atom stereocenters. The standard InChI is InChI=1S/C28H51NO17/c1-4-11-15(29)25(40-6-5-12-18(34)20(36)16(32)9(2)41-12)24(14(8-31)43-11)45-28-26(22(38)19(35)13(7-30)44-28)46-27-23(39)21(37)17(33)10(3)42-27/h9-28,30-39H,4-8,29H2,1-3H3/t9?,10?,11?,12-,13?,14?,15?,16-,17+,18?,19+,20?,21?,22?,23?,24+,25?,26?,27+,28+/m1/s1. The highest BCUT2D eigenvalue weighted by Gasteiger charge is 2.53. The van der Waals surface area contributed by atoms with Crippen LogP contribution < -0.4 is 5.73 Å². The molecule has 46 heavy (non-hydrogen) atoms. The Morgan fingerprint density at radius 1 is 0.543 bits per heavy atom. The molecule has 4 rings (SSSR count). The van der Waals surface area contributed by atoms with Crippen molar-refractivity contribution in [3.05, 3.63) is 0 Å². The summed E-state index contributed by atoms with van der Waals surface area (Å²) in [7, 11) is 0. The lowest BCUT2D eigenvalue weighted by Crippen LogP contribution is -2.67. The van der Waals surface area contributed by atoms with E-state index in [4.69, 9.17) is 38.9 Å². The molecular weight excluding hydrogens is 622 g/mol. The van der Waals surface area contributed by atoms with Crippen molar-refractivity contribution in [3.63, 3.8) is 0 Å². The van der Waals surface area contributed by atoms with Crippen molar-refractivity contribution >= 4 is 0 Å². The van der Waals surface area contributed by atoms with Gasteiger partial charge in [-0.05, 0) is 26.7 Å². The monoisotopic (exact) mass is 673 g/mol. The van der Waals surface area contributed by atoms with Crippen LogP contribution in [0.4, 0.5) is 0 Å². The first-order valence-corrected chi connectivity index (χ1v) is 15.7. The Bertz CT molecular complexity index is 938. The highest BCUT2D eigenvalue weighted by atomic mass is 16.8. The first-order chi connectivity index (χ1) is 21.7. The van der Waals surface area contributed by atoms with E-state index >= 15 is 0 Å². The van der Waals surface area contributed by atoms with E-state index in [1.165, 1.54) is 6.92 Å². The zero-order chi connectivity index (χ0) is 34.0. The van der Waals surface area contributed by atoms with Gasteiger partial charge in [0.2, 0.25) is 0 Å². The van der Waals surface area contributed by atoms with Crippen LogP contribution in [0, 0.1) is 0 Å². The molecule has 4 fully saturated rings. The summed E-state index contributed by atoms with van der Waals surface area (Å²) < 4.78 is 41.1. The molecule has 0 amide bonds. The molecule has 18 nitrogen and oxygen atoms in total. The Labute approximate surface area is 266 Å². The SMILES string of the molecule is CCC1OC(CO)[C@H](O[C@@H]2OC(CO)[C@H](O)C(O)C2O[C@@H]2OC(C)[C@H](O)C(O)C2O)C(OCC[C@H]2OC(C)[C@@H](O)C(O)C2O)C1N. The van der Waals surface area contributed by atoms with E-state index in [0.29, 0.717) is 6.42 Å². The van der Waals surface area contributed by atoms with Crippen molar-refractivity contribution in [2.75, 3.05) is 19.8 Å². The van der Waals surface area contributed by atoms with Crippen LogP contribution in [0.1, 0.15) is 33.6 Å². The zero-order valence-electron chi connectivity index (χ0n) is 26.0. The molecule has 0 aromatic carbocycles. The lowest BCUT2D eigenvalue weighted by molar-refractivity contribution is -0.379. The molecule has 4 aliphatic heterocycles. The molecule has 12 N–H and O–H groups in total. The Morgan fingerprint density at radius 3 is 1.72 bits per heavy atom. The highest BCUT2D eigenvalue weighted by Crippen LogP contribution is 2.34. The topological polar surface area (TPSA) is 293 Å². The number of hydrogen-bond acceptors (Lipinski definition) is 18. The second-order valence-corrected chi connectivity index (χ2v) is 12.4. The third-order valence-corrected chi connectivity index (χ3v) is 9.31. The molecule has 13 unspecified atom stereocenters. The normalized spacial score (nSPS) is 52.0. The van der Waals surface area contributed by atoms with Gasteiger partial charge in [-0.1, -0.05) is 6.92 Å². The number of rotatable bonds is 11. The molecule has 4 aliphatic rings. The van der Waals surface area contributed by atoms with Crippen molar-refractivity contribution in [3.8, 4) is 0 Å². The van der Waals surface area contributed by atoms with Gasteiger partial charge in [0.1, 0.15) is 79.4 Å². The van der Waals surface area contributed by atoms with Gasteiger partial charge < -0.3 is 90.0 Å². The Hall–Kier alpha value is -0.720. The average Bonchev–Trinajstić information content (AvgIpc) is 3.04. The van der Waals surface area contributed by atoms with Gasteiger partial charge in [-0.3, -0.25) is 0 Å². The van der Waals surface area contributed by atoms with Crippen LogP contribution in [0.3, 0.4) is 0 Å². The van der Waals surface area contributed by atoms with Gasteiger partial charge in [0.15, 0.2) is 12.6 Å². The predicted molar refractivity (Wildman–Crippen MR) is 151 cm³/mol. The molecule has 0 saturated carbocycles. The molecule has 4 heterocycles. The van der Waals surface area contributed by atoms with Gasteiger partial charge in [-0.25, -0.2) is 0 Å². The van der Waals surface area contributed by atoms with Crippen LogP contribution >= 0.6 is 0 Å². The van der Waals surface area contributed by atoms with E-state index < -0.39 is 136 Å². The molecule has 0 aromatic rings. The van der Waals surface area contributed by atoms with Crippen molar-refractivity contribution in [2.45, 2.75) is 156 Å². The Morgan fingerprint density at radius 2 is 1.11 bits per heavy atom. The van der Waals surface area contributed by atoms with Gasteiger partial charge in [0, 0.05) is 6.61 Å². The summed E-state index contributed by atoms with van der Waals surface area (Å²) >= 11 is 0. The van der Waals surface area contributed by atoms with Gasteiger partial charge >= 0.3 is 0 Å². The molecule has 0 radical (unpaired) electrons. The lowest BCUT2D eigenvalue weighted by Gasteiger charge is -2.49. The van der Waals surface area contributed by atoms with E-state index in [1.807, 2.05) is 6.92 Å². The number of aliphatic hydroxyl groups is 10. The number of hydrogen-bond donors (Lipinski definition) is 11. The third kappa shape index (κ3) is 7.85. The van der Waals surface area contributed by atoms with Crippen molar-refractivity contribution < 1.29 is 84.2 Å². The van der Waals surface area contributed by atoms with E-state index in [2.05, 4.69) is 0 Å². The first kappa shape index (κ1) is 38.1. The van der Waals surface area contributed by atoms with Crippen LogP contribution in [0.2, 0.25) is 0 Å². The van der Waals surface area contributed by atoms with Crippen LogP contribution in [0.15, 0.2) is 0 Å². The molecule has 0 spiro atoms. The molecular formula is C28H51NO17. The smallest absolute Gasteiger partial charge is 0.187 e. The van der Waals surface area contributed by atoms with E-state index in [-0.39, 0.29) is 13.0 Å². The maximum absolute atomic E-state index is 11.0. The summed E-state index contributed by atoms with van der Waals surface area (Å²) in [6.07, 6.45) is -24.7. The fourth-order valence-electron chi connectivity index (χ4n) is 6.36. The molecule has 270 valence electrons. The fraction of sp³-hybridized carbons (Fsp3) is 1.00. The van der Waals surface area contributed by atoms with Crippen molar-refractivity contribution in [1.29, 1.82) is 0 Å². The lowest BCUT2D eigenvalue weighted by atomic mass is 9.91. The summed E-state index contributed by atoms with van der Waals surface area (Å²) in [5.41, 5.74) is 6.53. The van der Waals surface area contributed by atoms with Crippen LogP contribution in [0.25, 0.3) is 0 Å². The van der Waals surface area contributed by atoms with Crippen molar-refractivity contribution in [1.82, 2.24) is 0 Å². The van der Waals surface area contributed by atoms with Gasteiger partial charge in [0.05, 0.1) is 43.7 Å². The number of aliphatic hydroxyl groups excluding tert-OH is 10. The molecule has 0 aliphatic carbocycles. The zero-order valence-corrected chi connectivity index (χ0v) is 26.0. The van der Waals surface area contributed by atoms with Crippen LogP contribution in [-0.2, 0) is 33.2 Å². The van der Waals surface area contributed by atoms with Crippen molar-refractivity contribution in [2.24, 2.45) is 5.73 Å². The first-order valence-electron chi connectivity index (χ1n) is 15.7. The Balaban J connectivity index is 1.55. The van der Waals surface area contributed by atoms with Crippen LogP contribution in [-0.4, -0.2) is 193 Å². The number of nitrogens with two attached hydrogens (primary N) is 1. The van der Waals surface area contributed by atoms with Crippen LogP contribution in [0.5, 0.6) is 0 Å². The second kappa shape index (κ2) is 16.3. The van der Waals surface area contributed by atoms with E-state index in [1.54, 1.807) is 6.92 Å².